The number of carbonyl (C=O) groups is 1. The number of amides is 1. The molecule has 34 heavy (non-hydrogen) atoms. The fourth-order valence-electron chi connectivity index (χ4n) is 4.65. The monoisotopic (exact) mass is 508 g/mol. The molecule has 2 fully saturated rings. The van der Waals surface area contributed by atoms with Gasteiger partial charge in [-0.1, -0.05) is 11.6 Å². The van der Waals surface area contributed by atoms with Crippen molar-refractivity contribution >= 4 is 46.8 Å². The van der Waals surface area contributed by atoms with Crippen LogP contribution in [-0.4, -0.2) is 50.6 Å². The van der Waals surface area contributed by atoms with Crippen molar-refractivity contribution in [2.24, 2.45) is 0 Å². The maximum absolute atomic E-state index is 14.6. The minimum atomic E-state index is -0.517. The third-order valence-electron chi connectivity index (χ3n) is 6.32. The average molecular weight is 509 g/mol. The molecule has 1 amide bonds. The summed E-state index contributed by atoms with van der Waals surface area (Å²) in [7, 11) is 0. The number of pyridine rings is 1. The minimum absolute atomic E-state index is 0. The second kappa shape index (κ2) is 10.8. The lowest BCUT2D eigenvalue weighted by atomic mass is 9.90. The third kappa shape index (κ3) is 5.42. The van der Waals surface area contributed by atoms with Crippen molar-refractivity contribution in [3.8, 4) is 11.4 Å². The number of fused-ring (bicyclic) bond motifs is 1. The molecule has 3 atom stereocenters. The van der Waals surface area contributed by atoms with Crippen LogP contribution in [0.15, 0.2) is 24.7 Å². The van der Waals surface area contributed by atoms with Crippen molar-refractivity contribution in [1.82, 2.24) is 25.3 Å². The van der Waals surface area contributed by atoms with Crippen molar-refractivity contribution < 1.29 is 13.9 Å². The number of H-pyrrole nitrogens is 1. The number of nitrogens with zero attached hydrogens (tertiary/aromatic N) is 3. The molecule has 2 aliphatic rings. The van der Waals surface area contributed by atoms with Gasteiger partial charge >= 0.3 is 0 Å². The Bertz CT molecular complexity index is 1150. The molecule has 1 saturated heterocycles. The van der Waals surface area contributed by atoms with Gasteiger partial charge in [0, 0.05) is 42.0 Å². The van der Waals surface area contributed by atoms with E-state index in [0.29, 0.717) is 35.1 Å². The third-order valence-corrected chi connectivity index (χ3v) is 6.52. The van der Waals surface area contributed by atoms with Crippen LogP contribution >= 0.6 is 24.0 Å². The summed E-state index contributed by atoms with van der Waals surface area (Å²) in [6.07, 6.45) is 10.3. The van der Waals surface area contributed by atoms with E-state index in [1.807, 2.05) is 0 Å². The lowest BCUT2D eigenvalue weighted by molar-refractivity contribution is -0.136. The van der Waals surface area contributed by atoms with E-state index in [-0.39, 0.29) is 42.3 Å². The summed E-state index contributed by atoms with van der Waals surface area (Å²) in [5.74, 6) is -0.0276. The number of carbonyl (C=O) groups excluding carboxylic acids is 1. The van der Waals surface area contributed by atoms with E-state index in [4.69, 9.17) is 16.3 Å². The first-order valence-electron chi connectivity index (χ1n) is 11.4. The second-order valence-corrected chi connectivity index (χ2v) is 9.15. The number of nitrogens with one attached hydrogen (secondary N) is 3. The molecule has 1 unspecified atom stereocenters. The Morgan fingerprint density at radius 1 is 1.15 bits per heavy atom. The van der Waals surface area contributed by atoms with Gasteiger partial charge in [0.1, 0.15) is 11.8 Å². The molecular formula is C23H27Cl2FN6O2. The Kier molecular flexibility index (Phi) is 7.85. The Morgan fingerprint density at radius 3 is 2.82 bits per heavy atom. The van der Waals surface area contributed by atoms with Gasteiger partial charge in [0.25, 0.3) is 0 Å². The van der Waals surface area contributed by atoms with E-state index < -0.39 is 5.82 Å². The van der Waals surface area contributed by atoms with Gasteiger partial charge in [0.15, 0.2) is 17.5 Å². The van der Waals surface area contributed by atoms with E-state index in [1.54, 1.807) is 18.5 Å². The number of hydrogen-bond donors (Lipinski definition) is 3. The topological polar surface area (TPSA) is 105 Å². The molecule has 3 aromatic rings. The maximum atomic E-state index is 14.6. The van der Waals surface area contributed by atoms with Crippen molar-refractivity contribution in [3.63, 3.8) is 0 Å². The van der Waals surface area contributed by atoms with Gasteiger partial charge in [-0.25, -0.2) is 19.3 Å². The fraction of sp³-hybridized carbons (Fsp3) is 0.478. The first kappa shape index (κ1) is 24.6. The number of aromatic amines is 1. The highest BCUT2D eigenvalue weighted by molar-refractivity contribution is 6.31. The zero-order chi connectivity index (χ0) is 22.8. The molecule has 1 aliphatic carbocycles. The lowest BCUT2D eigenvalue weighted by Crippen LogP contribution is -2.47. The quantitative estimate of drug-likeness (QED) is 0.463. The Labute approximate surface area is 207 Å². The largest absolute Gasteiger partial charge is 0.368 e. The molecule has 4 heterocycles. The summed E-state index contributed by atoms with van der Waals surface area (Å²) in [5.41, 5.74) is 1.36. The second-order valence-electron chi connectivity index (χ2n) is 8.71. The van der Waals surface area contributed by atoms with Crippen LogP contribution in [0, 0.1) is 5.82 Å². The normalized spacial score (nSPS) is 22.7. The predicted octanol–water partition coefficient (Wildman–Crippen LogP) is 4.64. The highest BCUT2D eigenvalue weighted by Gasteiger charge is 2.28. The highest BCUT2D eigenvalue weighted by Crippen LogP contribution is 2.29. The average Bonchev–Trinajstić information content (AvgIpc) is 3.24. The van der Waals surface area contributed by atoms with Crippen LogP contribution in [-0.2, 0) is 9.53 Å². The molecule has 3 aromatic heterocycles. The van der Waals surface area contributed by atoms with Gasteiger partial charge in [0.2, 0.25) is 5.91 Å². The van der Waals surface area contributed by atoms with E-state index in [1.165, 1.54) is 6.20 Å². The zero-order valence-corrected chi connectivity index (χ0v) is 20.1. The van der Waals surface area contributed by atoms with Gasteiger partial charge in [-0.2, -0.15) is 0 Å². The first-order chi connectivity index (χ1) is 16.1. The standard InChI is InChI=1S/C23H26ClFN6O2.ClH/c24-13-8-16-17(11-27-20(16)26-10-13)21-28-12-18(25)22(31-21)29-14-4-3-5-15(9-14)30-23(32)19-6-1-2-7-33-19;/h8,10-12,14-15,19H,1-7,9H2,(H,26,27)(H,30,32)(H,28,29,31);1H/t14-,15+,19?;/m0./s1. The van der Waals surface area contributed by atoms with Gasteiger partial charge in [-0.15, -0.1) is 12.4 Å². The number of aromatic nitrogens is 4. The van der Waals surface area contributed by atoms with Gasteiger partial charge in [-0.05, 0) is 51.0 Å². The van der Waals surface area contributed by atoms with Gasteiger partial charge in [0.05, 0.1) is 11.2 Å². The van der Waals surface area contributed by atoms with Crippen LogP contribution < -0.4 is 10.6 Å². The Hall–Kier alpha value is -2.49. The molecule has 182 valence electrons. The molecule has 11 heteroatoms. The SMILES string of the molecule is Cl.O=C(N[C@@H]1CCC[C@H](Nc2nc(-c3c[nH]c4ncc(Cl)cc34)ncc2F)C1)C1CCCCO1. The Morgan fingerprint density at radius 2 is 2.00 bits per heavy atom. The van der Waals surface area contributed by atoms with Crippen molar-refractivity contribution in [2.75, 3.05) is 11.9 Å². The maximum Gasteiger partial charge on any atom is 0.249 e. The van der Waals surface area contributed by atoms with Crippen molar-refractivity contribution in [3.05, 3.63) is 35.5 Å². The van der Waals surface area contributed by atoms with E-state index >= 15 is 0 Å². The number of hydrogen-bond acceptors (Lipinski definition) is 6. The molecule has 1 saturated carbocycles. The summed E-state index contributed by atoms with van der Waals surface area (Å²) in [4.78, 5) is 28.5. The van der Waals surface area contributed by atoms with Crippen LogP contribution in [0.5, 0.6) is 0 Å². The number of halogens is 3. The van der Waals surface area contributed by atoms with Crippen LogP contribution in [0.1, 0.15) is 44.9 Å². The van der Waals surface area contributed by atoms with Crippen LogP contribution in [0.25, 0.3) is 22.4 Å². The van der Waals surface area contributed by atoms with E-state index in [2.05, 4.69) is 30.6 Å². The van der Waals surface area contributed by atoms with E-state index in [0.717, 1.165) is 43.9 Å². The van der Waals surface area contributed by atoms with Gasteiger partial charge in [-0.3, -0.25) is 4.79 Å². The van der Waals surface area contributed by atoms with Gasteiger partial charge < -0.3 is 20.4 Å². The summed E-state index contributed by atoms with van der Waals surface area (Å²) in [6, 6.07) is 1.80. The van der Waals surface area contributed by atoms with E-state index in [9.17, 15) is 9.18 Å². The molecule has 0 radical (unpaired) electrons. The molecule has 0 bridgehead atoms. The first-order valence-corrected chi connectivity index (χ1v) is 11.8. The molecule has 8 nitrogen and oxygen atoms in total. The fourth-order valence-corrected chi connectivity index (χ4v) is 4.81. The molecule has 1 aliphatic heterocycles. The lowest BCUT2D eigenvalue weighted by Gasteiger charge is -2.32. The molecule has 5 rings (SSSR count). The predicted molar refractivity (Wildman–Crippen MR) is 131 cm³/mol. The number of rotatable bonds is 5. The Balaban J connectivity index is 0.00000274. The minimum Gasteiger partial charge on any atom is -0.368 e. The number of anilines is 1. The zero-order valence-electron chi connectivity index (χ0n) is 18.5. The van der Waals surface area contributed by atoms with Crippen LogP contribution in [0.2, 0.25) is 5.02 Å². The summed E-state index contributed by atoms with van der Waals surface area (Å²) >= 11 is 6.09. The summed E-state index contributed by atoms with van der Waals surface area (Å²) in [6.45, 7) is 0.640. The van der Waals surface area contributed by atoms with Crippen LogP contribution in [0.4, 0.5) is 10.2 Å². The van der Waals surface area contributed by atoms with Crippen molar-refractivity contribution in [2.45, 2.75) is 63.1 Å². The smallest absolute Gasteiger partial charge is 0.249 e. The molecular weight excluding hydrogens is 482 g/mol. The highest BCUT2D eigenvalue weighted by atomic mass is 35.5. The number of ether oxygens (including phenoxy) is 1. The molecule has 0 aromatic carbocycles. The summed E-state index contributed by atoms with van der Waals surface area (Å²) < 4.78 is 20.2. The van der Waals surface area contributed by atoms with Crippen molar-refractivity contribution in [1.29, 1.82) is 0 Å². The molecule has 3 N–H and O–H groups in total. The summed E-state index contributed by atoms with van der Waals surface area (Å²) in [5, 5.41) is 7.62. The van der Waals surface area contributed by atoms with Crippen LogP contribution in [0.3, 0.4) is 0 Å². The molecule has 0 spiro atoms.